The maximum Gasteiger partial charge on any atom is 0.327 e. The van der Waals surface area contributed by atoms with Gasteiger partial charge in [-0.25, -0.2) is 4.79 Å². The maximum absolute atomic E-state index is 12.1. The largest absolute Gasteiger partial charge is 0.483 e. The third-order valence-electron chi connectivity index (χ3n) is 3.18. The summed E-state index contributed by atoms with van der Waals surface area (Å²) in [4.78, 5) is 24.5. The van der Waals surface area contributed by atoms with E-state index in [1.54, 1.807) is 0 Å². The monoisotopic (exact) mass is 295 g/mol. The fourth-order valence-corrected chi connectivity index (χ4v) is 3.15. The van der Waals surface area contributed by atoms with Crippen molar-refractivity contribution in [3.8, 4) is 5.75 Å². The van der Waals surface area contributed by atoms with Crippen LogP contribution in [-0.2, 0) is 9.59 Å². The second-order valence-corrected chi connectivity index (χ2v) is 5.77. The number of ether oxygens (including phenoxy) is 1. The summed E-state index contributed by atoms with van der Waals surface area (Å²) in [7, 11) is 0. The molecule has 1 aliphatic rings. The van der Waals surface area contributed by atoms with Crippen LogP contribution in [0.4, 0.5) is 0 Å². The van der Waals surface area contributed by atoms with E-state index in [9.17, 15) is 9.59 Å². The van der Waals surface area contributed by atoms with Gasteiger partial charge >= 0.3 is 5.97 Å². The third-order valence-corrected chi connectivity index (χ3v) is 4.19. The molecule has 0 saturated carbocycles. The maximum atomic E-state index is 12.1. The van der Waals surface area contributed by atoms with Crippen molar-refractivity contribution in [2.75, 3.05) is 18.2 Å². The predicted molar refractivity (Wildman–Crippen MR) is 77.0 cm³/mol. The van der Waals surface area contributed by atoms with Crippen LogP contribution in [0.2, 0.25) is 0 Å². The highest BCUT2D eigenvalue weighted by Gasteiger charge is 2.34. The van der Waals surface area contributed by atoms with E-state index in [1.165, 1.54) is 16.7 Å². The number of carbonyl (C=O) groups is 2. The Balaban J connectivity index is 1.98. The number of hydrogen-bond acceptors (Lipinski definition) is 4. The zero-order chi connectivity index (χ0) is 14.7. The minimum atomic E-state index is -0.963. The van der Waals surface area contributed by atoms with Gasteiger partial charge < -0.3 is 14.7 Å². The van der Waals surface area contributed by atoms with E-state index in [-0.39, 0.29) is 12.5 Å². The number of rotatable bonds is 4. The van der Waals surface area contributed by atoms with Gasteiger partial charge in [0.2, 0.25) is 0 Å². The number of hydrogen-bond donors (Lipinski definition) is 1. The Hall–Kier alpha value is -1.69. The van der Waals surface area contributed by atoms with Gasteiger partial charge in [0, 0.05) is 5.75 Å². The first-order valence-corrected chi connectivity index (χ1v) is 7.44. The molecule has 1 fully saturated rings. The molecule has 5 nitrogen and oxygen atoms in total. The zero-order valence-electron chi connectivity index (χ0n) is 11.5. The van der Waals surface area contributed by atoms with Crippen LogP contribution in [0.1, 0.15) is 11.1 Å². The highest BCUT2D eigenvalue weighted by atomic mass is 32.2. The molecule has 0 aliphatic carbocycles. The van der Waals surface area contributed by atoms with Crippen molar-refractivity contribution >= 4 is 23.6 Å². The summed E-state index contributed by atoms with van der Waals surface area (Å²) in [6.07, 6.45) is 0. The molecule has 20 heavy (non-hydrogen) atoms. The molecule has 0 aromatic heterocycles. The lowest BCUT2D eigenvalue weighted by molar-refractivity contribution is -0.148. The summed E-state index contributed by atoms with van der Waals surface area (Å²) in [6, 6.07) is 5.04. The predicted octanol–water partition coefficient (Wildman–Crippen LogP) is 1.67. The molecule has 1 aliphatic heterocycles. The van der Waals surface area contributed by atoms with E-state index in [4.69, 9.17) is 9.84 Å². The van der Waals surface area contributed by atoms with Crippen molar-refractivity contribution in [2.45, 2.75) is 19.9 Å². The van der Waals surface area contributed by atoms with Gasteiger partial charge in [0.15, 0.2) is 6.61 Å². The van der Waals surface area contributed by atoms with Gasteiger partial charge in [0.05, 0.1) is 5.88 Å². The van der Waals surface area contributed by atoms with Crippen LogP contribution in [0, 0.1) is 13.8 Å². The zero-order valence-corrected chi connectivity index (χ0v) is 12.3. The molecule has 1 heterocycles. The Labute approximate surface area is 121 Å². The third kappa shape index (κ3) is 3.25. The van der Waals surface area contributed by atoms with Gasteiger partial charge in [-0.2, -0.15) is 0 Å². The summed E-state index contributed by atoms with van der Waals surface area (Å²) in [5, 5.41) is 9.05. The van der Waals surface area contributed by atoms with Crippen molar-refractivity contribution in [3.63, 3.8) is 0 Å². The molecular formula is C14H17NO4S. The van der Waals surface area contributed by atoms with E-state index in [2.05, 4.69) is 0 Å². The van der Waals surface area contributed by atoms with Gasteiger partial charge in [-0.15, -0.1) is 11.8 Å². The van der Waals surface area contributed by atoms with Crippen molar-refractivity contribution in [1.82, 2.24) is 4.90 Å². The summed E-state index contributed by atoms with van der Waals surface area (Å²) in [6.45, 7) is 3.73. The Morgan fingerprint density at radius 3 is 2.90 bits per heavy atom. The van der Waals surface area contributed by atoms with Crippen molar-refractivity contribution in [3.05, 3.63) is 29.3 Å². The van der Waals surface area contributed by atoms with E-state index >= 15 is 0 Å². The average molecular weight is 295 g/mol. The van der Waals surface area contributed by atoms with Gasteiger partial charge in [-0.1, -0.05) is 12.1 Å². The summed E-state index contributed by atoms with van der Waals surface area (Å²) < 4.78 is 5.53. The molecule has 1 N–H and O–H groups in total. The molecule has 108 valence electrons. The Bertz CT molecular complexity index is 532. The first-order chi connectivity index (χ1) is 9.49. The number of nitrogens with zero attached hydrogens (tertiary/aromatic N) is 1. The number of carboxylic acid groups (broad SMARTS) is 1. The minimum Gasteiger partial charge on any atom is -0.483 e. The Kier molecular flexibility index (Phi) is 4.54. The van der Waals surface area contributed by atoms with Crippen molar-refractivity contribution < 1.29 is 19.4 Å². The quantitative estimate of drug-likeness (QED) is 0.915. The second kappa shape index (κ2) is 6.17. The smallest absolute Gasteiger partial charge is 0.327 e. The number of amides is 1. The number of carboxylic acids is 1. The molecule has 1 aromatic carbocycles. The van der Waals surface area contributed by atoms with E-state index in [1.807, 2.05) is 32.0 Å². The van der Waals surface area contributed by atoms with E-state index < -0.39 is 12.0 Å². The molecule has 0 bridgehead atoms. The molecule has 1 saturated heterocycles. The standard InChI is InChI=1S/C14H17NO4S/c1-9-3-4-10(2)12(5-9)19-6-13(16)15-8-20-7-11(15)14(17)18/h3-5,11H,6-8H2,1-2H3,(H,17,18). The average Bonchev–Trinajstić information content (AvgIpc) is 2.89. The Morgan fingerprint density at radius 2 is 2.20 bits per heavy atom. The lowest BCUT2D eigenvalue weighted by Gasteiger charge is -2.20. The number of carbonyl (C=O) groups excluding carboxylic acids is 1. The molecule has 0 radical (unpaired) electrons. The van der Waals surface area contributed by atoms with E-state index in [0.29, 0.717) is 17.4 Å². The molecule has 1 amide bonds. The molecule has 2 rings (SSSR count). The lowest BCUT2D eigenvalue weighted by atomic mass is 10.1. The van der Waals surface area contributed by atoms with Gasteiger partial charge in [0.1, 0.15) is 11.8 Å². The van der Waals surface area contributed by atoms with Gasteiger partial charge in [-0.3, -0.25) is 4.79 Å². The highest BCUT2D eigenvalue weighted by molar-refractivity contribution is 7.99. The lowest BCUT2D eigenvalue weighted by Crippen LogP contribution is -2.43. The second-order valence-electron chi connectivity index (χ2n) is 4.78. The Morgan fingerprint density at radius 1 is 1.45 bits per heavy atom. The topological polar surface area (TPSA) is 66.8 Å². The summed E-state index contributed by atoms with van der Waals surface area (Å²) >= 11 is 1.44. The van der Waals surface area contributed by atoms with Gasteiger partial charge in [-0.05, 0) is 31.0 Å². The van der Waals surface area contributed by atoms with Gasteiger partial charge in [0.25, 0.3) is 5.91 Å². The van der Waals surface area contributed by atoms with Crippen LogP contribution in [0.5, 0.6) is 5.75 Å². The van der Waals surface area contributed by atoms with Crippen LogP contribution >= 0.6 is 11.8 Å². The minimum absolute atomic E-state index is 0.130. The number of thioether (sulfide) groups is 1. The number of benzene rings is 1. The summed E-state index contributed by atoms with van der Waals surface area (Å²) in [5.41, 5.74) is 2.01. The first-order valence-electron chi connectivity index (χ1n) is 6.29. The first kappa shape index (κ1) is 14.7. The number of aryl methyl sites for hydroxylation is 2. The molecule has 1 unspecified atom stereocenters. The molecule has 1 aromatic rings. The SMILES string of the molecule is Cc1ccc(C)c(OCC(=O)N2CSCC2C(=O)O)c1. The van der Waals surface area contributed by atoms with Crippen LogP contribution < -0.4 is 4.74 Å². The fraction of sp³-hybridized carbons (Fsp3) is 0.429. The molecular weight excluding hydrogens is 278 g/mol. The van der Waals surface area contributed by atoms with Crippen molar-refractivity contribution in [1.29, 1.82) is 0 Å². The fourth-order valence-electron chi connectivity index (χ4n) is 1.98. The van der Waals surface area contributed by atoms with E-state index in [0.717, 1.165) is 11.1 Å². The van der Waals surface area contributed by atoms with Crippen molar-refractivity contribution in [2.24, 2.45) is 0 Å². The molecule has 0 spiro atoms. The van der Waals surface area contributed by atoms with Crippen LogP contribution in [-0.4, -0.2) is 46.2 Å². The highest BCUT2D eigenvalue weighted by Crippen LogP contribution is 2.22. The normalized spacial score (nSPS) is 18.1. The van der Waals surface area contributed by atoms with Crippen LogP contribution in [0.3, 0.4) is 0 Å². The number of aliphatic carboxylic acids is 1. The molecule has 6 heteroatoms. The summed E-state index contributed by atoms with van der Waals surface area (Å²) in [5.74, 6) is 0.256. The molecule has 1 atom stereocenters. The van der Waals surface area contributed by atoms with Crippen LogP contribution in [0.25, 0.3) is 0 Å². The van der Waals surface area contributed by atoms with Crippen LogP contribution in [0.15, 0.2) is 18.2 Å².